The smallest absolute Gasteiger partial charge is 0.458 e. The van der Waals surface area contributed by atoms with Crippen molar-refractivity contribution >= 4 is 11.9 Å². The van der Waals surface area contributed by atoms with E-state index >= 15 is 0 Å². The molecule has 0 saturated carbocycles. The highest BCUT2D eigenvalue weighted by atomic mass is 19.4. The summed E-state index contributed by atoms with van der Waals surface area (Å²) >= 11 is 0. The molecule has 0 aromatic heterocycles. The molecule has 2 N–H and O–H groups in total. The second kappa shape index (κ2) is 5.35. The predicted octanol–water partition coefficient (Wildman–Crippen LogP) is 3.76. The average Bonchev–Trinajstić information content (AvgIpc) is 2.34. The van der Waals surface area contributed by atoms with Gasteiger partial charge in [-0.25, -0.2) is 9.59 Å². The van der Waals surface area contributed by atoms with Crippen LogP contribution in [0.4, 0.5) is 35.1 Å². The van der Waals surface area contributed by atoms with Gasteiger partial charge in [-0.2, -0.15) is 35.1 Å². The molecule has 0 unspecified atom stereocenters. The fourth-order valence-electron chi connectivity index (χ4n) is 1.61. The Kier molecular flexibility index (Phi) is 4.34. The van der Waals surface area contributed by atoms with E-state index in [4.69, 9.17) is 10.2 Å². The average molecular weight is 352 g/mol. The third-order valence-corrected chi connectivity index (χ3v) is 2.61. The van der Waals surface area contributed by atoms with Gasteiger partial charge in [-0.05, 0) is 12.1 Å². The lowest BCUT2D eigenvalue weighted by Gasteiger charge is -2.22. The zero-order valence-corrected chi connectivity index (χ0v) is 10.4. The minimum atomic E-state index is -6.31. The Labute approximate surface area is 120 Å². The van der Waals surface area contributed by atoms with E-state index in [0.717, 1.165) is 0 Å². The fraction of sp³-hybridized carbons (Fsp3) is 0.273. The van der Waals surface area contributed by atoms with Crippen LogP contribution in [0.25, 0.3) is 0 Å². The quantitative estimate of drug-likeness (QED) is 0.813. The SMILES string of the molecule is O=C(O)c1cc(C(F)(F)C(F)(F)F)cc(C(F)(F)F)c1C(=O)O. The molecule has 12 heteroatoms. The van der Waals surface area contributed by atoms with Gasteiger partial charge in [0.25, 0.3) is 0 Å². The van der Waals surface area contributed by atoms with Crippen molar-refractivity contribution in [1.29, 1.82) is 0 Å². The van der Waals surface area contributed by atoms with Crippen LogP contribution >= 0.6 is 0 Å². The Hall–Kier alpha value is -2.40. The van der Waals surface area contributed by atoms with Crippen LogP contribution in [-0.2, 0) is 12.1 Å². The fourth-order valence-corrected chi connectivity index (χ4v) is 1.61. The van der Waals surface area contributed by atoms with Crippen LogP contribution in [0.1, 0.15) is 31.8 Å². The summed E-state index contributed by atoms with van der Waals surface area (Å²) in [4.78, 5) is 21.6. The maximum Gasteiger partial charge on any atom is 0.458 e. The molecular formula is C11H4F8O4. The normalized spacial score (nSPS) is 13.0. The van der Waals surface area contributed by atoms with Gasteiger partial charge in [0.1, 0.15) is 0 Å². The molecule has 0 fully saturated rings. The maximum atomic E-state index is 13.2. The Balaban J connectivity index is 3.90. The monoisotopic (exact) mass is 352 g/mol. The van der Waals surface area contributed by atoms with Crippen molar-refractivity contribution in [3.05, 3.63) is 34.4 Å². The van der Waals surface area contributed by atoms with E-state index in [9.17, 15) is 44.7 Å². The van der Waals surface area contributed by atoms with Gasteiger partial charge in [0.05, 0.1) is 16.7 Å². The summed E-state index contributed by atoms with van der Waals surface area (Å²) in [5.41, 5.74) is -8.54. The lowest BCUT2D eigenvalue weighted by molar-refractivity contribution is -0.289. The van der Waals surface area contributed by atoms with Crippen molar-refractivity contribution in [3.8, 4) is 0 Å². The molecule has 0 aliphatic rings. The third-order valence-electron chi connectivity index (χ3n) is 2.61. The van der Waals surface area contributed by atoms with Crippen molar-refractivity contribution in [2.45, 2.75) is 18.3 Å². The van der Waals surface area contributed by atoms with Crippen molar-refractivity contribution < 1.29 is 54.9 Å². The first-order valence-corrected chi connectivity index (χ1v) is 5.27. The van der Waals surface area contributed by atoms with Crippen LogP contribution in [0.2, 0.25) is 0 Å². The molecule has 1 rings (SSSR count). The van der Waals surface area contributed by atoms with E-state index in [-0.39, 0.29) is 0 Å². The van der Waals surface area contributed by atoms with Crippen LogP contribution in [0.5, 0.6) is 0 Å². The first-order chi connectivity index (χ1) is 10.1. The van der Waals surface area contributed by atoms with E-state index in [2.05, 4.69) is 0 Å². The van der Waals surface area contributed by atoms with Gasteiger partial charge in [-0.15, -0.1) is 0 Å². The Bertz CT molecular complexity index is 659. The van der Waals surface area contributed by atoms with Gasteiger partial charge in [0.15, 0.2) is 0 Å². The van der Waals surface area contributed by atoms with Crippen molar-refractivity contribution in [3.63, 3.8) is 0 Å². The predicted molar refractivity (Wildman–Crippen MR) is 55.3 cm³/mol. The zero-order chi connectivity index (χ0) is 18.4. The first-order valence-electron chi connectivity index (χ1n) is 5.27. The number of carbonyl (C=O) groups is 2. The Morgan fingerprint density at radius 2 is 1.30 bits per heavy atom. The third kappa shape index (κ3) is 3.35. The molecule has 1 aromatic rings. The topological polar surface area (TPSA) is 74.6 Å². The number of hydrogen-bond acceptors (Lipinski definition) is 2. The van der Waals surface area contributed by atoms with Crippen LogP contribution in [-0.4, -0.2) is 28.3 Å². The lowest BCUT2D eigenvalue weighted by atomic mass is 9.94. The van der Waals surface area contributed by atoms with Gasteiger partial charge in [0, 0.05) is 5.56 Å². The molecule has 4 nitrogen and oxygen atoms in total. The summed E-state index contributed by atoms with van der Waals surface area (Å²) in [6, 6.07) is -1.18. The molecule has 0 aliphatic carbocycles. The summed E-state index contributed by atoms with van der Waals surface area (Å²) in [7, 11) is 0. The molecule has 0 amide bonds. The van der Waals surface area contributed by atoms with Gasteiger partial charge >= 0.3 is 30.2 Å². The summed E-state index contributed by atoms with van der Waals surface area (Å²) in [5, 5.41) is 17.3. The van der Waals surface area contributed by atoms with Crippen molar-refractivity contribution in [2.75, 3.05) is 0 Å². The molecule has 0 radical (unpaired) electrons. The van der Waals surface area contributed by atoms with Gasteiger partial charge < -0.3 is 10.2 Å². The zero-order valence-electron chi connectivity index (χ0n) is 10.4. The minimum absolute atomic E-state index is 0.450. The van der Waals surface area contributed by atoms with Crippen molar-refractivity contribution in [1.82, 2.24) is 0 Å². The number of carboxylic acid groups (broad SMARTS) is 2. The number of benzene rings is 1. The highest BCUT2D eigenvalue weighted by Gasteiger charge is 2.59. The van der Waals surface area contributed by atoms with E-state index in [1.54, 1.807) is 0 Å². The molecule has 0 spiro atoms. The number of halogens is 8. The first kappa shape index (κ1) is 18.6. The van der Waals surface area contributed by atoms with E-state index in [1.165, 1.54) is 0 Å². The summed E-state index contributed by atoms with van der Waals surface area (Å²) < 4.78 is 101. The van der Waals surface area contributed by atoms with Crippen LogP contribution in [0.15, 0.2) is 12.1 Å². The number of rotatable bonds is 3. The van der Waals surface area contributed by atoms with E-state index < -0.39 is 64.6 Å². The molecule has 0 bridgehead atoms. The van der Waals surface area contributed by atoms with E-state index in [0.29, 0.717) is 0 Å². The summed E-state index contributed by atoms with van der Waals surface area (Å²) in [6.45, 7) is 0. The number of aromatic carboxylic acids is 2. The lowest BCUT2D eigenvalue weighted by Crippen LogP contribution is -2.34. The summed E-state index contributed by atoms with van der Waals surface area (Å²) in [6.07, 6.45) is -12.0. The Morgan fingerprint density at radius 1 is 0.826 bits per heavy atom. The molecule has 0 saturated heterocycles. The molecule has 23 heavy (non-hydrogen) atoms. The van der Waals surface area contributed by atoms with Gasteiger partial charge in [-0.1, -0.05) is 0 Å². The Morgan fingerprint density at radius 3 is 1.61 bits per heavy atom. The molecule has 0 atom stereocenters. The highest BCUT2D eigenvalue weighted by molar-refractivity contribution is 6.03. The molecule has 128 valence electrons. The summed E-state index contributed by atoms with van der Waals surface area (Å²) in [5.74, 6) is -10.7. The van der Waals surface area contributed by atoms with Crippen LogP contribution in [0, 0.1) is 0 Å². The second-order valence-corrected chi connectivity index (χ2v) is 4.13. The number of carboxylic acids is 2. The maximum absolute atomic E-state index is 13.2. The number of hydrogen-bond donors (Lipinski definition) is 2. The molecule has 0 aliphatic heterocycles. The number of alkyl halides is 8. The van der Waals surface area contributed by atoms with Crippen LogP contribution < -0.4 is 0 Å². The van der Waals surface area contributed by atoms with Gasteiger partial charge in [0.2, 0.25) is 0 Å². The molecular weight excluding hydrogens is 348 g/mol. The minimum Gasteiger partial charge on any atom is -0.478 e. The molecule has 1 aromatic carbocycles. The molecule has 0 heterocycles. The largest absolute Gasteiger partial charge is 0.478 e. The van der Waals surface area contributed by atoms with Crippen LogP contribution in [0.3, 0.4) is 0 Å². The highest BCUT2D eigenvalue weighted by Crippen LogP contribution is 2.46. The van der Waals surface area contributed by atoms with Gasteiger partial charge in [-0.3, -0.25) is 0 Å². The van der Waals surface area contributed by atoms with E-state index in [1.807, 2.05) is 0 Å². The van der Waals surface area contributed by atoms with Crippen molar-refractivity contribution in [2.24, 2.45) is 0 Å². The standard InChI is InChI=1S/C11H4F8O4/c12-9(13,11(17,18)19)3-1-4(7(20)21)6(8(22)23)5(2-3)10(14,15)16/h1-2H,(H,20,21)(H,22,23). The second-order valence-electron chi connectivity index (χ2n) is 4.13.